The Kier molecular flexibility index (Phi) is 4.51. The van der Waals surface area contributed by atoms with Crippen LogP contribution in [-0.4, -0.2) is 15.6 Å². The minimum Gasteiger partial charge on any atom is -0.294 e. The van der Waals surface area contributed by atoms with E-state index in [1.807, 2.05) is 20.9 Å². The van der Waals surface area contributed by atoms with Crippen molar-refractivity contribution in [1.29, 1.82) is 0 Å². The molecular formula is C15H16Cl2N2O. The number of rotatable bonds is 4. The van der Waals surface area contributed by atoms with E-state index >= 15 is 0 Å². The Labute approximate surface area is 128 Å². The molecule has 0 saturated heterocycles. The minimum atomic E-state index is 0.0201. The maximum atomic E-state index is 12.4. The maximum absolute atomic E-state index is 12.4. The number of Topliss-reactive ketones (excluding diaryl/α,β-unsaturated/α-hetero) is 1. The molecule has 0 N–H and O–H groups in total. The normalized spacial score (nSPS) is 10.8. The summed E-state index contributed by atoms with van der Waals surface area (Å²) in [5.41, 5.74) is 3.12. The van der Waals surface area contributed by atoms with E-state index in [0.717, 1.165) is 23.4 Å². The van der Waals surface area contributed by atoms with E-state index < -0.39 is 0 Å². The van der Waals surface area contributed by atoms with E-state index in [2.05, 4.69) is 5.10 Å². The van der Waals surface area contributed by atoms with Crippen LogP contribution < -0.4 is 0 Å². The average Bonchev–Trinajstić information content (AvgIpc) is 2.66. The van der Waals surface area contributed by atoms with Gasteiger partial charge in [-0.1, -0.05) is 30.1 Å². The molecule has 0 fully saturated rings. The number of carbonyl (C=O) groups is 1. The fourth-order valence-electron chi connectivity index (χ4n) is 2.20. The first-order valence-electron chi connectivity index (χ1n) is 6.43. The number of carbonyl (C=O) groups excluding carboxylic acids is 1. The van der Waals surface area contributed by atoms with E-state index in [0.29, 0.717) is 15.6 Å². The first kappa shape index (κ1) is 15.1. The molecule has 3 nitrogen and oxygen atoms in total. The molecule has 0 amide bonds. The van der Waals surface area contributed by atoms with Crippen molar-refractivity contribution in [3.05, 3.63) is 50.8 Å². The first-order valence-corrected chi connectivity index (χ1v) is 7.19. The molecule has 0 radical (unpaired) electrons. The number of aromatic nitrogens is 2. The van der Waals surface area contributed by atoms with Crippen LogP contribution in [0.1, 0.15) is 34.2 Å². The Morgan fingerprint density at radius 2 is 2.05 bits per heavy atom. The number of benzene rings is 1. The van der Waals surface area contributed by atoms with Crippen molar-refractivity contribution in [1.82, 2.24) is 9.78 Å². The van der Waals surface area contributed by atoms with Crippen molar-refractivity contribution >= 4 is 29.0 Å². The zero-order valence-corrected chi connectivity index (χ0v) is 13.2. The van der Waals surface area contributed by atoms with E-state index in [9.17, 15) is 4.79 Å². The van der Waals surface area contributed by atoms with Crippen LogP contribution in [-0.2, 0) is 19.9 Å². The lowest BCUT2D eigenvalue weighted by atomic mass is 10.0. The van der Waals surface area contributed by atoms with Crippen LogP contribution in [0.25, 0.3) is 0 Å². The van der Waals surface area contributed by atoms with Crippen LogP contribution in [0.5, 0.6) is 0 Å². The van der Waals surface area contributed by atoms with Gasteiger partial charge in [-0.3, -0.25) is 9.48 Å². The molecular weight excluding hydrogens is 295 g/mol. The van der Waals surface area contributed by atoms with Crippen LogP contribution in [0.15, 0.2) is 18.2 Å². The third-order valence-corrected chi connectivity index (χ3v) is 3.99. The fourth-order valence-corrected chi connectivity index (χ4v) is 2.79. The van der Waals surface area contributed by atoms with Crippen LogP contribution in [0.4, 0.5) is 0 Å². The van der Waals surface area contributed by atoms with Gasteiger partial charge in [-0.2, -0.15) is 5.10 Å². The molecule has 2 aromatic rings. The molecule has 0 bridgehead atoms. The van der Waals surface area contributed by atoms with Gasteiger partial charge in [-0.15, -0.1) is 0 Å². The van der Waals surface area contributed by atoms with Gasteiger partial charge < -0.3 is 0 Å². The Morgan fingerprint density at radius 3 is 2.60 bits per heavy atom. The Morgan fingerprint density at radius 1 is 1.35 bits per heavy atom. The van der Waals surface area contributed by atoms with Gasteiger partial charge in [0.2, 0.25) is 0 Å². The summed E-state index contributed by atoms with van der Waals surface area (Å²) in [5.74, 6) is 0.0201. The molecule has 0 aliphatic heterocycles. The smallest absolute Gasteiger partial charge is 0.169 e. The minimum absolute atomic E-state index is 0.0201. The number of halogens is 2. The van der Waals surface area contributed by atoms with Gasteiger partial charge in [0.05, 0.1) is 22.8 Å². The van der Waals surface area contributed by atoms with Gasteiger partial charge >= 0.3 is 0 Å². The highest BCUT2D eigenvalue weighted by Crippen LogP contribution is 2.23. The lowest BCUT2D eigenvalue weighted by molar-refractivity contribution is 0.0990. The van der Waals surface area contributed by atoms with Gasteiger partial charge in [0.25, 0.3) is 0 Å². The molecule has 20 heavy (non-hydrogen) atoms. The predicted octanol–water partition coefficient (Wildman–Crippen LogP) is 4.02. The van der Waals surface area contributed by atoms with E-state index in [1.54, 1.807) is 22.9 Å². The molecule has 1 heterocycles. The van der Waals surface area contributed by atoms with Gasteiger partial charge in [0.1, 0.15) is 0 Å². The van der Waals surface area contributed by atoms with Crippen LogP contribution in [0.2, 0.25) is 10.0 Å². The predicted molar refractivity (Wildman–Crippen MR) is 81.8 cm³/mol. The topological polar surface area (TPSA) is 34.9 Å². The summed E-state index contributed by atoms with van der Waals surface area (Å²) in [6, 6.07) is 5.27. The van der Waals surface area contributed by atoms with Crippen LogP contribution in [0, 0.1) is 6.92 Å². The lowest BCUT2D eigenvalue weighted by Crippen LogP contribution is -2.09. The highest BCUT2D eigenvalue weighted by molar-refractivity contribution is 6.32. The van der Waals surface area contributed by atoms with Gasteiger partial charge in [-0.05, 0) is 37.1 Å². The van der Waals surface area contributed by atoms with Gasteiger partial charge in [0, 0.05) is 17.6 Å². The van der Waals surface area contributed by atoms with E-state index in [1.165, 1.54) is 0 Å². The summed E-state index contributed by atoms with van der Waals surface area (Å²) in [7, 11) is 1.81. The van der Waals surface area contributed by atoms with Crippen LogP contribution in [0.3, 0.4) is 0 Å². The molecule has 0 aliphatic carbocycles. The molecule has 106 valence electrons. The highest BCUT2D eigenvalue weighted by Gasteiger charge is 2.18. The third-order valence-electron chi connectivity index (χ3n) is 3.32. The number of nitrogens with zero attached hydrogens (tertiary/aromatic N) is 2. The summed E-state index contributed by atoms with van der Waals surface area (Å²) in [6.45, 7) is 3.87. The standard InChI is InChI=1S/C15H16Cl2N2O/c1-4-12-15(17)13(19(3)18-12)8-14(20)11-6-5-10(16)7-9(11)2/h5-7H,4,8H2,1-3H3. The van der Waals surface area contributed by atoms with Gasteiger partial charge in [-0.25, -0.2) is 0 Å². The molecule has 0 aliphatic rings. The average molecular weight is 311 g/mol. The second-order valence-electron chi connectivity index (χ2n) is 4.74. The van der Waals surface area contributed by atoms with E-state index in [4.69, 9.17) is 23.2 Å². The molecule has 0 unspecified atom stereocenters. The van der Waals surface area contributed by atoms with Crippen molar-refractivity contribution < 1.29 is 4.79 Å². The summed E-state index contributed by atoms with van der Waals surface area (Å²) in [5, 5.41) is 5.55. The maximum Gasteiger partial charge on any atom is 0.169 e. The summed E-state index contributed by atoms with van der Waals surface area (Å²) < 4.78 is 1.68. The summed E-state index contributed by atoms with van der Waals surface area (Å²) in [6.07, 6.45) is 0.992. The highest BCUT2D eigenvalue weighted by atomic mass is 35.5. The molecule has 0 spiro atoms. The Balaban J connectivity index is 2.30. The van der Waals surface area contributed by atoms with Crippen molar-refractivity contribution in [3.8, 4) is 0 Å². The quantitative estimate of drug-likeness (QED) is 0.799. The third kappa shape index (κ3) is 2.89. The lowest BCUT2D eigenvalue weighted by Gasteiger charge is -2.06. The summed E-state index contributed by atoms with van der Waals surface area (Å²) >= 11 is 12.2. The second-order valence-corrected chi connectivity index (χ2v) is 5.56. The second kappa shape index (κ2) is 5.98. The zero-order chi connectivity index (χ0) is 14.9. The number of aryl methyl sites for hydroxylation is 3. The van der Waals surface area contributed by atoms with Crippen molar-refractivity contribution in [2.24, 2.45) is 7.05 Å². The van der Waals surface area contributed by atoms with Gasteiger partial charge in [0.15, 0.2) is 5.78 Å². The number of ketones is 1. The Hall–Kier alpha value is -1.32. The van der Waals surface area contributed by atoms with E-state index in [-0.39, 0.29) is 12.2 Å². The Bertz CT molecular complexity index is 662. The fraction of sp³-hybridized carbons (Fsp3) is 0.333. The number of hydrogen-bond donors (Lipinski definition) is 0. The molecule has 0 saturated carbocycles. The van der Waals surface area contributed by atoms with Crippen LogP contribution >= 0.6 is 23.2 Å². The first-order chi connectivity index (χ1) is 9.43. The molecule has 0 atom stereocenters. The molecule has 1 aromatic heterocycles. The monoisotopic (exact) mass is 310 g/mol. The molecule has 1 aromatic carbocycles. The SMILES string of the molecule is CCc1nn(C)c(CC(=O)c2ccc(Cl)cc2C)c1Cl. The number of hydrogen-bond acceptors (Lipinski definition) is 2. The van der Waals surface area contributed by atoms with Crippen molar-refractivity contribution in [3.63, 3.8) is 0 Å². The zero-order valence-electron chi connectivity index (χ0n) is 11.7. The van der Waals surface area contributed by atoms with Crippen molar-refractivity contribution in [2.45, 2.75) is 26.7 Å². The summed E-state index contributed by atoms with van der Waals surface area (Å²) in [4.78, 5) is 12.4. The molecule has 5 heteroatoms. The van der Waals surface area contributed by atoms with Crippen molar-refractivity contribution in [2.75, 3.05) is 0 Å². The molecule has 2 rings (SSSR count). The largest absolute Gasteiger partial charge is 0.294 e.